The molecule has 0 spiro atoms. The average Bonchev–Trinajstić information content (AvgIpc) is 3.09. The fourth-order valence-corrected chi connectivity index (χ4v) is 2.81. The van der Waals surface area contributed by atoms with E-state index in [4.69, 9.17) is 0 Å². The second-order valence-corrected chi connectivity index (χ2v) is 5.17. The Morgan fingerprint density at radius 3 is 2.61 bits per heavy atom. The van der Waals surface area contributed by atoms with Crippen LogP contribution in [-0.2, 0) is 0 Å². The normalized spacial score (nSPS) is 23.4. The molecule has 1 aromatic rings. The Morgan fingerprint density at radius 1 is 1.17 bits per heavy atom. The number of likely N-dealkylation sites (tertiary alicyclic amines) is 1. The van der Waals surface area contributed by atoms with E-state index in [0.717, 1.165) is 31.5 Å². The SMILES string of the molecule is O=C(c1ccc(F)c(F)c1)N1CCCC1C1CC1. The maximum absolute atomic E-state index is 13.1. The number of benzene rings is 1. The molecule has 4 heteroatoms. The Balaban J connectivity index is 1.82. The second kappa shape index (κ2) is 4.34. The van der Waals surface area contributed by atoms with Crippen molar-refractivity contribution in [2.45, 2.75) is 31.7 Å². The van der Waals surface area contributed by atoms with Crippen molar-refractivity contribution in [3.8, 4) is 0 Å². The van der Waals surface area contributed by atoms with E-state index >= 15 is 0 Å². The standard InChI is InChI=1S/C14H15F2NO/c15-11-6-5-10(8-12(11)16)14(18)17-7-1-2-13(17)9-3-4-9/h5-6,8-9,13H,1-4,7H2. The number of rotatable bonds is 2. The quantitative estimate of drug-likeness (QED) is 0.791. The van der Waals surface area contributed by atoms with E-state index in [2.05, 4.69) is 0 Å². The van der Waals surface area contributed by atoms with Crippen LogP contribution in [0.1, 0.15) is 36.0 Å². The van der Waals surface area contributed by atoms with E-state index in [9.17, 15) is 13.6 Å². The molecule has 1 saturated carbocycles. The lowest BCUT2D eigenvalue weighted by molar-refractivity contribution is 0.0720. The Hall–Kier alpha value is -1.45. The molecular formula is C14H15F2NO. The van der Waals surface area contributed by atoms with E-state index in [0.29, 0.717) is 12.0 Å². The average molecular weight is 251 g/mol. The van der Waals surface area contributed by atoms with E-state index in [1.54, 1.807) is 0 Å². The van der Waals surface area contributed by atoms with Crippen molar-refractivity contribution >= 4 is 5.91 Å². The molecule has 18 heavy (non-hydrogen) atoms. The summed E-state index contributed by atoms with van der Waals surface area (Å²) < 4.78 is 26.0. The summed E-state index contributed by atoms with van der Waals surface area (Å²) in [7, 11) is 0. The zero-order chi connectivity index (χ0) is 12.7. The van der Waals surface area contributed by atoms with Crippen LogP contribution >= 0.6 is 0 Å². The van der Waals surface area contributed by atoms with Crippen LogP contribution in [0.4, 0.5) is 8.78 Å². The molecule has 3 rings (SSSR count). The van der Waals surface area contributed by atoms with Crippen molar-refractivity contribution in [3.05, 3.63) is 35.4 Å². The first-order valence-electron chi connectivity index (χ1n) is 6.43. The van der Waals surface area contributed by atoms with Crippen LogP contribution in [0.2, 0.25) is 0 Å². The van der Waals surface area contributed by atoms with Crippen LogP contribution in [0.25, 0.3) is 0 Å². The molecule has 1 atom stereocenters. The molecule has 1 amide bonds. The lowest BCUT2D eigenvalue weighted by Crippen LogP contribution is -2.36. The van der Waals surface area contributed by atoms with Gasteiger partial charge in [0.05, 0.1) is 0 Å². The Labute approximate surface area is 105 Å². The second-order valence-electron chi connectivity index (χ2n) is 5.17. The molecule has 1 saturated heterocycles. The summed E-state index contributed by atoms with van der Waals surface area (Å²) >= 11 is 0. The van der Waals surface area contributed by atoms with E-state index in [-0.39, 0.29) is 11.5 Å². The van der Waals surface area contributed by atoms with Crippen LogP contribution in [0.3, 0.4) is 0 Å². The lowest BCUT2D eigenvalue weighted by Gasteiger charge is -2.24. The molecule has 0 aromatic heterocycles. The van der Waals surface area contributed by atoms with E-state index in [1.165, 1.54) is 18.9 Å². The van der Waals surface area contributed by atoms with Gasteiger partial charge in [0.15, 0.2) is 11.6 Å². The largest absolute Gasteiger partial charge is 0.335 e. The first-order chi connectivity index (χ1) is 8.66. The summed E-state index contributed by atoms with van der Waals surface area (Å²) in [6, 6.07) is 3.69. The number of carbonyl (C=O) groups is 1. The predicted molar refractivity (Wildman–Crippen MR) is 63.1 cm³/mol. The maximum atomic E-state index is 13.1. The third-order valence-electron chi connectivity index (χ3n) is 3.89. The highest BCUT2D eigenvalue weighted by Gasteiger charge is 2.40. The van der Waals surface area contributed by atoms with Gasteiger partial charge in [0.2, 0.25) is 0 Å². The molecule has 1 heterocycles. The summed E-state index contributed by atoms with van der Waals surface area (Å²) in [6.07, 6.45) is 4.43. The van der Waals surface area contributed by atoms with Crippen LogP contribution in [-0.4, -0.2) is 23.4 Å². The molecule has 96 valence electrons. The van der Waals surface area contributed by atoms with Gasteiger partial charge in [-0.25, -0.2) is 8.78 Å². The van der Waals surface area contributed by atoms with Crippen LogP contribution in [0.5, 0.6) is 0 Å². The van der Waals surface area contributed by atoms with Gasteiger partial charge in [-0.3, -0.25) is 4.79 Å². The molecule has 2 nitrogen and oxygen atoms in total. The molecule has 0 radical (unpaired) electrons. The van der Waals surface area contributed by atoms with Gasteiger partial charge in [0.1, 0.15) is 0 Å². The summed E-state index contributed by atoms with van der Waals surface area (Å²) in [6.45, 7) is 0.735. The van der Waals surface area contributed by atoms with Crippen LogP contribution in [0.15, 0.2) is 18.2 Å². The molecule has 0 bridgehead atoms. The van der Waals surface area contributed by atoms with Crippen molar-refractivity contribution in [3.63, 3.8) is 0 Å². The molecule has 2 fully saturated rings. The highest BCUT2D eigenvalue weighted by atomic mass is 19.2. The highest BCUT2D eigenvalue weighted by Crippen LogP contribution is 2.40. The van der Waals surface area contributed by atoms with Gasteiger partial charge >= 0.3 is 0 Å². The van der Waals surface area contributed by atoms with Gasteiger partial charge in [-0.2, -0.15) is 0 Å². The predicted octanol–water partition coefficient (Wildman–Crippen LogP) is 2.98. The molecule has 0 N–H and O–H groups in total. The molecule has 1 aromatic carbocycles. The van der Waals surface area contributed by atoms with Crippen molar-refractivity contribution in [1.82, 2.24) is 4.90 Å². The first-order valence-corrected chi connectivity index (χ1v) is 6.43. The van der Waals surface area contributed by atoms with E-state index < -0.39 is 11.6 Å². The summed E-state index contributed by atoms with van der Waals surface area (Å²) in [5.74, 6) is -1.40. The summed E-state index contributed by atoms with van der Waals surface area (Å²) in [5, 5.41) is 0. The number of halogens is 2. The van der Waals surface area contributed by atoms with Gasteiger partial charge in [0.25, 0.3) is 5.91 Å². The molecule has 1 aliphatic heterocycles. The number of amides is 1. The smallest absolute Gasteiger partial charge is 0.254 e. The Morgan fingerprint density at radius 2 is 1.94 bits per heavy atom. The number of carbonyl (C=O) groups excluding carboxylic acids is 1. The molecular weight excluding hydrogens is 236 g/mol. The fraction of sp³-hybridized carbons (Fsp3) is 0.500. The minimum absolute atomic E-state index is 0.164. The molecule has 1 unspecified atom stereocenters. The first kappa shape index (κ1) is 11.6. The lowest BCUT2D eigenvalue weighted by atomic mass is 10.1. The monoisotopic (exact) mass is 251 g/mol. The molecule has 1 aliphatic carbocycles. The minimum Gasteiger partial charge on any atom is -0.335 e. The number of hydrogen-bond acceptors (Lipinski definition) is 1. The van der Waals surface area contributed by atoms with Crippen molar-refractivity contribution < 1.29 is 13.6 Å². The molecule has 2 aliphatic rings. The van der Waals surface area contributed by atoms with Gasteiger partial charge in [-0.15, -0.1) is 0 Å². The van der Waals surface area contributed by atoms with Gasteiger partial charge in [0, 0.05) is 18.2 Å². The van der Waals surface area contributed by atoms with Gasteiger partial charge < -0.3 is 4.90 Å². The van der Waals surface area contributed by atoms with Crippen molar-refractivity contribution in [1.29, 1.82) is 0 Å². The highest BCUT2D eigenvalue weighted by molar-refractivity contribution is 5.94. The van der Waals surface area contributed by atoms with Gasteiger partial charge in [-0.1, -0.05) is 0 Å². The van der Waals surface area contributed by atoms with Crippen molar-refractivity contribution in [2.24, 2.45) is 5.92 Å². The topological polar surface area (TPSA) is 20.3 Å². The Bertz CT molecular complexity index is 485. The fourth-order valence-electron chi connectivity index (χ4n) is 2.81. The number of hydrogen-bond donors (Lipinski definition) is 0. The summed E-state index contributed by atoms with van der Waals surface area (Å²) in [4.78, 5) is 14.1. The zero-order valence-electron chi connectivity index (χ0n) is 10.0. The van der Waals surface area contributed by atoms with Crippen molar-refractivity contribution in [2.75, 3.05) is 6.54 Å². The van der Waals surface area contributed by atoms with E-state index in [1.807, 2.05) is 4.90 Å². The number of nitrogens with zero attached hydrogens (tertiary/aromatic N) is 1. The van der Waals surface area contributed by atoms with Gasteiger partial charge in [-0.05, 0) is 49.8 Å². The third-order valence-corrected chi connectivity index (χ3v) is 3.89. The third kappa shape index (κ3) is 2.00. The maximum Gasteiger partial charge on any atom is 0.254 e. The summed E-state index contributed by atoms with van der Waals surface area (Å²) in [5.41, 5.74) is 0.251. The zero-order valence-corrected chi connectivity index (χ0v) is 10.0. The van der Waals surface area contributed by atoms with Crippen LogP contribution in [0, 0.1) is 17.6 Å². The van der Waals surface area contributed by atoms with Crippen LogP contribution < -0.4 is 0 Å². The minimum atomic E-state index is -0.956. The Kier molecular flexibility index (Phi) is 2.80.